The summed E-state index contributed by atoms with van der Waals surface area (Å²) in [6.45, 7) is 1.27. The Morgan fingerprint density at radius 2 is 2.14 bits per heavy atom. The van der Waals surface area contributed by atoms with Crippen molar-refractivity contribution in [1.29, 1.82) is 0 Å². The number of aryl methyl sites for hydroxylation is 1. The number of thiazole rings is 1. The molecular weight excluding hydrogens is 319 g/mol. The van der Waals surface area contributed by atoms with Crippen LogP contribution in [0.15, 0.2) is 28.5 Å². The van der Waals surface area contributed by atoms with Crippen molar-refractivity contribution in [3.8, 4) is 0 Å². The number of hydrogen-bond donors (Lipinski definition) is 0. The highest BCUT2D eigenvalue weighted by Crippen LogP contribution is 2.26. The number of amides is 1. The number of nitrogens with zero attached hydrogens (tertiary/aromatic N) is 3. The van der Waals surface area contributed by atoms with Gasteiger partial charge in [-0.15, -0.1) is 11.3 Å². The van der Waals surface area contributed by atoms with E-state index in [4.69, 9.17) is 0 Å². The lowest BCUT2D eigenvalue weighted by molar-refractivity contribution is -0.139. The summed E-state index contributed by atoms with van der Waals surface area (Å²) < 4.78 is 38.8. The average Bonchev–Trinajstić information content (AvgIpc) is 2.85. The minimum atomic E-state index is -4.75. The van der Waals surface area contributed by atoms with Crippen LogP contribution in [0.25, 0.3) is 0 Å². The van der Waals surface area contributed by atoms with Crippen LogP contribution in [-0.4, -0.2) is 22.5 Å². The molecule has 0 saturated carbocycles. The first-order valence-corrected chi connectivity index (χ1v) is 7.03. The Morgan fingerprint density at radius 1 is 1.45 bits per heavy atom. The Bertz CT molecular complexity index is 751. The number of likely N-dealkylation sites (N-methyl/N-ethyl adjacent to an activating group) is 1. The zero-order valence-electron chi connectivity index (χ0n) is 11.7. The quantitative estimate of drug-likeness (QED) is 0.867. The molecule has 2 rings (SSSR count). The molecule has 2 aromatic heterocycles. The minimum absolute atomic E-state index is 0.419. The fourth-order valence-corrected chi connectivity index (χ4v) is 2.52. The molecule has 0 fully saturated rings. The largest absolute Gasteiger partial charge is 0.421 e. The van der Waals surface area contributed by atoms with Gasteiger partial charge in [0.05, 0.1) is 5.69 Å². The maximum absolute atomic E-state index is 12.7. The zero-order valence-corrected chi connectivity index (χ0v) is 12.5. The van der Waals surface area contributed by atoms with Crippen LogP contribution in [0, 0.1) is 6.92 Å². The van der Waals surface area contributed by atoms with Gasteiger partial charge in [0.15, 0.2) is 5.13 Å². The molecule has 0 radical (unpaired) electrons. The number of aromatic nitrogens is 2. The van der Waals surface area contributed by atoms with Gasteiger partial charge >= 0.3 is 6.18 Å². The molecule has 118 valence electrons. The van der Waals surface area contributed by atoms with E-state index in [0.29, 0.717) is 11.2 Å². The Hall–Kier alpha value is -2.16. The van der Waals surface area contributed by atoms with E-state index in [1.54, 1.807) is 12.3 Å². The summed E-state index contributed by atoms with van der Waals surface area (Å²) in [5.41, 5.74) is -1.81. The highest BCUT2D eigenvalue weighted by molar-refractivity contribution is 7.14. The molecule has 1 amide bonds. The Labute approximate surface area is 127 Å². The molecule has 5 nitrogen and oxygen atoms in total. The number of halogens is 3. The smallest absolute Gasteiger partial charge is 0.306 e. The molecule has 0 aromatic carbocycles. The fraction of sp³-hybridized carbons (Fsp3) is 0.308. The molecule has 0 spiro atoms. The predicted molar refractivity (Wildman–Crippen MR) is 76.0 cm³/mol. The zero-order chi connectivity index (χ0) is 16.5. The van der Waals surface area contributed by atoms with Gasteiger partial charge in [-0.3, -0.25) is 14.5 Å². The van der Waals surface area contributed by atoms with Gasteiger partial charge < -0.3 is 4.57 Å². The van der Waals surface area contributed by atoms with Gasteiger partial charge in [-0.2, -0.15) is 13.2 Å². The molecule has 0 saturated heterocycles. The van der Waals surface area contributed by atoms with Gasteiger partial charge in [-0.25, -0.2) is 4.98 Å². The Morgan fingerprint density at radius 3 is 2.68 bits per heavy atom. The van der Waals surface area contributed by atoms with E-state index in [1.165, 1.54) is 23.3 Å². The van der Waals surface area contributed by atoms with Gasteiger partial charge in [0.25, 0.3) is 5.56 Å². The number of anilines is 1. The van der Waals surface area contributed by atoms with Crippen molar-refractivity contribution >= 4 is 22.4 Å². The molecule has 22 heavy (non-hydrogen) atoms. The fourth-order valence-electron chi connectivity index (χ4n) is 1.73. The van der Waals surface area contributed by atoms with Crippen LogP contribution < -0.4 is 10.5 Å². The van der Waals surface area contributed by atoms with E-state index in [9.17, 15) is 22.8 Å². The van der Waals surface area contributed by atoms with Crippen LogP contribution >= 0.6 is 11.3 Å². The monoisotopic (exact) mass is 331 g/mol. The molecule has 0 N–H and O–H groups in total. The minimum Gasteiger partial charge on any atom is -0.306 e. The number of carbonyl (C=O) groups excluding carboxylic acids is 1. The van der Waals surface area contributed by atoms with Crippen molar-refractivity contribution in [2.75, 3.05) is 11.9 Å². The molecule has 2 heterocycles. The molecule has 2 aromatic rings. The maximum Gasteiger partial charge on any atom is 0.421 e. The standard InChI is InChI=1S/C13H12F3N3O2S/c1-8-7-22-12(17-8)18(2)10(20)6-19-5-3-4-9(11(19)21)13(14,15)16/h3-5,7H,6H2,1-2H3. The molecule has 0 bridgehead atoms. The SMILES string of the molecule is Cc1csc(N(C)C(=O)Cn2cccc(C(F)(F)F)c2=O)n1. The lowest BCUT2D eigenvalue weighted by Crippen LogP contribution is -2.35. The maximum atomic E-state index is 12.7. The first kappa shape index (κ1) is 16.2. The van der Waals surface area contributed by atoms with E-state index >= 15 is 0 Å². The van der Waals surface area contributed by atoms with E-state index in [0.717, 1.165) is 22.5 Å². The van der Waals surface area contributed by atoms with Crippen molar-refractivity contribution in [2.24, 2.45) is 0 Å². The van der Waals surface area contributed by atoms with Gasteiger partial charge in [0.2, 0.25) is 5.91 Å². The van der Waals surface area contributed by atoms with E-state index < -0.39 is 29.8 Å². The molecule has 0 aliphatic carbocycles. The van der Waals surface area contributed by atoms with Crippen LogP contribution in [0.3, 0.4) is 0 Å². The average molecular weight is 331 g/mol. The lowest BCUT2D eigenvalue weighted by Gasteiger charge is -2.15. The Kier molecular flexibility index (Phi) is 4.36. The third-order valence-corrected chi connectivity index (χ3v) is 3.93. The van der Waals surface area contributed by atoms with Crippen molar-refractivity contribution in [1.82, 2.24) is 9.55 Å². The van der Waals surface area contributed by atoms with Crippen LogP contribution in [-0.2, 0) is 17.5 Å². The van der Waals surface area contributed by atoms with Gasteiger partial charge in [-0.1, -0.05) is 0 Å². The Balaban J connectivity index is 2.24. The number of alkyl halides is 3. The summed E-state index contributed by atoms with van der Waals surface area (Å²) in [5.74, 6) is -0.532. The van der Waals surface area contributed by atoms with E-state index in [1.807, 2.05) is 0 Å². The topological polar surface area (TPSA) is 55.2 Å². The normalized spacial score (nSPS) is 11.5. The van der Waals surface area contributed by atoms with Crippen LogP contribution in [0.4, 0.5) is 18.3 Å². The second kappa shape index (κ2) is 5.91. The molecule has 0 aliphatic heterocycles. The van der Waals surface area contributed by atoms with E-state index in [2.05, 4.69) is 4.98 Å². The first-order valence-electron chi connectivity index (χ1n) is 6.15. The second-order valence-corrected chi connectivity index (χ2v) is 5.41. The number of hydrogen-bond acceptors (Lipinski definition) is 4. The highest BCUT2D eigenvalue weighted by atomic mass is 32.1. The summed E-state index contributed by atoms with van der Waals surface area (Å²) in [6.07, 6.45) is -3.60. The van der Waals surface area contributed by atoms with Crippen LogP contribution in [0.5, 0.6) is 0 Å². The number of pyridine rings is 1. The van der Waals surface area contributed by atoms with Gasteiger partial charge in [0, 0.05) is 18.6 Å². The molecule has 0 atom stereocenters. The summed E-state index contributed by atoms with van der Waals surface area (Å²) in [7, 11) is 1.46. The van der Waals surface area contributed by atoms with E-state index in [-0.39, 0.29) is 0 Å². The number of carbonyl (C=O) groups is 1. The summed E-state index contributed by atoms with van der Waals surface area (Å²) in [4.78, 5) is 29.2. The third kappa shape index (κ3) is 3.35. The third-order valence-electron chi connectivity index (χ3n) is 2.90. The summed E-state index contributed by atoms with van der Waals surface area (Å²) in [6, 6.07) is 1.78. The molecule has 9 heteroatoms. The summed E-state index contributed by atoms with van der Waals surface area (Å²) in [5, 5.41) is 2.16. The van der Waals surface area contributed by atoms with Crippen LogP contribution in [0.2, 0.25) is 0 Å². The lowest BCUT2D eigenvalue weighted by atomic mass is 10.2. The van der Waals surface area contributed by atoms with Crippen molar-refractivity contribution in [3.05, 3.63) is 45.3 Å². The highest BCUT2D eigenvalue weighted by Gasteiger charge is 2.34. The number of rotatable bonds is 3. The van der Waals surface area contributed by atoms with Crippen molar-refractivity contribution in [3.63, 3.8) is 0 Å². The van der Waals surface area contributed by atoms with Gasteiger partial charge in [0.1, 0.15) is 12.1 Å². The molecule has 0 aliphatic rings. The predicted octanol–water partition coefficient (Wildman–Crippen LogP) is 2.30. The first-order chi connectivity index (χ1) is 10.2. The molecular formula is C13H12F3N3O2S. The van der Waals surface area contributed by atoms with Crippen molar-refractivity contribution < 1.29 is 18.0 Å². The van der Waals surface area contributed by atoms with Crippen LogP contribution in [0.1, 0.15) is 11.3 Å². The van der Waals surface area contributed by atoms with Crippen molar-refractivity contribution in [2.45, 2.75) is 19.6 Å². The second-order valence-electron chi connectivity index (χ2n) is 4.58. The molecule has 0 unspecified atom stereocenters. The van der Waals surface area contributed by atoms with Gasteiger partial charge in [-0.05, 0) is 19.1 Å². The summed E-state index contributed by atoms with van der Waals surface area (Å²) >= 11 is 1.23.